The fraction of sp³-hybridized carbons (Fsp3) is 0.350. The van der Waals surface area contributed by atoms with Gasteiger partial charge in [-0.15, -0.1) is 0 Å². The van der Waals surface area contributed by atoms with Crippen molar-refractivity contribution in [2.24, 2.45) is 0 Å². The first-order valence-corrected chi connectivity index (χ1v) is 10.9. The van der Waals surface area contributed by atoms with Gasteiger partial charge in [0.15, 0.2) is 21.4 Å². The second-order valence-electron chi connectivity index (χ2n) is 7.22. The van der Waals surface area contributed by atoms with E-state index >= 15 is 4.39 Å². The fourth-order valence-electron chi connectivity index (χ4n) is 4.48. The molecular formula is C20H18ClF2NO4S. The van der Waals surface area contributed by atoms with Gasteiger partial charge in [-0.3, -0.25) is 4.79 Å². The van der Waals surface area contributed by atoms with E-state index < -0.39 is 38.0 Å². The third-order valence-electron chi connectivity index (χ3n) is 5.74. The topological polar surface area (TPSA) is 63.7 Å². The van der Waals surface area contributed by atoms with Gasteiger partial charge in [-0.1, -0.05) is 11.6 Å². The van der Waals surface area contributed by atoms with Crippen molar-refractivity contribution in [1.82, 2.24) is 4.90 Å². The Bertz CT molecular complexity index is 1090. The maximum Gasteiger partial charge on any atom is 0.219 e. The summed E-state index contributed by atoms with van der Waals surface area (Å²) >= 11 is 5.90. The number of carbonyl (C=O) groups is 1. The van der Waals surface area contributed by atoms with Crippen LogP contribution >= 0.6 is 11.6 Å². The van der Waals surface area contributed by atoms with Gasteiger partial charge in [-0.05, 0) is 49.2 Å². The fourth-order valence-corrected chi connectivity index (χ4v) is 6.95. The minimum atomic E-state index is -4.26. The van der Waals surface area contributed by atoms with Gasteiger partial charge in [0, 0.05) is 18.5 Å². The number of hydrogen-bond acceptors (Lipinski definition) is 4. The minimum absolute atomic E-state index is 0.0309. The molecule has 0 aromatic heterocycles. The van der Waals surface area contributed by atoms with Crippen LogP contribution in [0, 0.1) is 11.6 Å². The summed E-state index contributed by atoms with van der Waals surface area (Å²) in [6.07, 6.45) is 0.349. The van der Waals surface area contributed by atoms with Crippen LogP contribution in [0.2, 0.25) is 5.02 Å². The van der Waals surface area contributed by atoms with E-state index in [1.165, 1.54) is 36.1 Å². The number of piperidine rings is 1. The summed E-state index contributed by atoms with van der Waals surface area (Å²) in [5.74, 6) is -2.49. The molecule has 5 nitrogen and oxygen atoms in total. The van der Waals surface area contributed by atoms with Crippen LogP contribution in [-0.2, 0) is 19.4 Å². The average Bonchev–Trinajstić information content (AvgIpc) is 2.69. The Morgan fingerprint density at radius 2 is 1.83 bits per heavy atom. The third-order valence-corrected chi connectivity index (χ3v) is 8.52. The number of fused-ring (bicyclic) bond motifs is 3. The molecule has 154 valence electrons. The van der Waals surface area contributed by atoms with Crippen molar-refractivity contribution >= 4 is 27.3 Å². The molecule has 0 N–H and O–H groups in total. The van der Waals surface area contributed by atoms with Crippen molar-refractivity contribution in [2.45, 2.75) is 35.4 Å². The molecule has 1 fully saturated rings. The lowest BCUT2D eigenvalue weighted by molar-refractivity contribution is -0.135. The highest BCUT2D eigenvalue weighted by Crippen LogP contribution is 2.53. The van der Waals surface area contributed by atoms with Crippen LogP contribution in [0.25, 0.3) is 0 Å². The molecule has 0 unspecified atom stereocenters. The molecule has 2 aliphatic rings. The zero-order valence-electron chi connectivity index (χ0n) is 15.5. The van der Waals surface area contributed by atoms with Gasteiger partial charge in [-0.25, -0.2) is 17.2 Å². The molecule has 1 saturated heterocycles. The molecule has 0 spiro atoms. The predicted octanol–water partition coefficient (Wildman–Crippen LogP) is 3.69. The summed E-state index contributed by atoms with van der Waals surface area (Å²) < 4.78 is 61.0. The Hall–Kier alpha value is -2.19. The second kappa shape index (κ2) is 6.95. The van der Waals surface area contributed by atoms with E-state index in [4.69, 9.17) is 16.3 Å². The molecule has 2 atom stereocenters. The lowest BCUT2D eigenvalue weighted by Crippen LogP contribution is -2.64. The standard InChI is InChI=1S/C20H18ClF2NO4S/c1-12(25)24-10-2-9-20(29(26,27)14-5-3-13(21)4-6-14)17(24)11-28-19-16(23)8-7-15(22)18(19)20/h3-8,17H,2,9-11H2,1H3/t17-,20+/m0/s1. The highest BCUT2D eigenvalue weighted by atomic mass is 35.5. The molecule has 2 aromatic carbocycles. The zero-order valence-corrected chi connectivity index (χ0v) is 17.1. The monoisotopic (exact) mass is 441 g/mol. The van der Waals surface area contributed by atoms with Gasteiger partial charge < -0.3 is 9.64 Å². The third kappa shape index (κ3) is 2.84. The number of benzene rings is 2. The normalized spacial score (nSPS) is 23.7. The lowest BCUT2D eigenvalue weighted by atomic mass is 9.80. The van der Waals surface area contributed by atoms with E-state index in [1.807, 2.05) is 0 Å². The zero-order chi connectivity index (χ0) is 21.0. The van der Waals surface area contributed by atoms with E-state index in [9.17, 15) is 17.6 Å². The van der Waals surface area contributed by atoms with Crippen molar-refractivity contribution < 1.29 is 26.7 Å². The molecule has 0 radical (unpaired) electrons. The number of nitrogens with zero attached hydrogens (tertiary/aromatic N) is 1. The van der Waals surface area contributed by atoms with Crippen LogP contribution in [0.3, 0.4) is 0 Å². The quantitative estimate of drug-likeness (QED) is 0.713. The summed E-state index contributed by atoms with van der Waals surface area (Å²) in [5.41, 5.74) is -0.352. The number of carbonyl (C=O) groups excluding carboxylic acids is 1. The Morgan fingerprint density at radius 3 is 2.48 bits per heavy atom. The number of ether oxygens (including phenoxy) is 1. The predicted molar refractivity (Wildman–Crippen MR) is 103 cm³/mol. The Kier molecular flexibility index (Phi) is 4.82. The smallest absolute Gasteiger partial charge is 0.219 e. The number of sulfone groups is 1. The largest absolute Gasteiger partial charge is 0.488 e. The molecule has 2 heterocycles. The van der Waals surface area contributed by atoms with E-state index in [0.29, 0.717) is 18.0 Å². The number of likely N-dealkylation sites (tertiary alicyclic amines) is 1. The summed E-state index contributed by atoms with van der Waals surface area (Å²) in [6, 6.07) is 6.33. The van der Waals surface area contributed by atoms with Gasteiger partial charge in [-0.2, -0.15) is 0 Å². The molecule has 9 heteroatoms. The van der Waals surface area contributed by atoms with Crippen molar-refractivity contribution in [1.29, 1.82) is 0 Å². The molecular weight excluding hydrogens is 424 g/mol. The van der Waals surface area contributed by atoms with Crippen LogP contribution < -0.4 is 4.74 Å². The van der Waals surface area contributed by atoms with Crippen LogP contribution in [-0.4, -0.2) is 38.4 Å². The van der Waals surface area contributed by atoms with Crippen LogP contribution in [0.4, 0.5) is 8.78 Å². The average molecular weight is 442 g/mol. The van der Waals surface area contributed by atoms with Crippen molar-refractivity contribution in [2.75, 3.05) is 13.2 Å². The molecule has 2 aromatic rings. The van der Waals surface area contributed by atoms with Crippen LogP contribution in [0.15, 0.2) is 41.3 Å². The van der Waals surface area contributed by atoms with Crippen molar-refractivity contribution in [3.8, 4) is 5.75 Å². The Balaban J connectivity index is 2.05. The van der Waals surface area contributed by atoms with E-state index in [-0.39, 0.29) is 29.4 Å². The second-order valence-corrected chi connectivity index (χ2v) is 9.87. The first-order valence-electron chi connectivity index (χ1n) is 9.09. The molecule has 2 aliphatic heterocycles. The van der Waals surface area contributed by atoms with E-state index in [0.717, 1.165) is 12.1 Å². The number of halogens is 3. The Labute approximate surface area is 172 Å². The highest BCUT2D eigenvalue weighted by Gasteiger charge is 2.61. The van der Waals surface area contributed by atoms with Crippen molar-refractivity contribution in [3.63, 3.8) is 0 Å². The van der Waals surface area contributed by atoms with Gasteiger partial charge >= 0.3 is 0 Å². The molecule has 0 aliphatic carbocycles. The SMILES string of the molecule is CC(=O)N1CCC[C@]2(S(=O)(=O)c3ccc(Cl)cc3)c3c(F)ccc(F)c3OC[C@H]12. The molecule has 0 bridgehead atoms. The first kappa shape index (κ1) is 20.1. The molecule has 0 saturated carbocycles. The van der Waals surface area contributed by atoms with Crippen LogP contribution in [0.1, 0.15) is 25.3 Å². The Morgan fingerprint density at radius 1 is 1.17 bits per heavy atom. The summed E-state index contributed by atoms with van der Waals surface area (Å²) in [5, 5.41) is 0.344. The lowest BCUT2D eigenvalue weighted by Gasteiger charge is -2.51. The number of rotatable bonds is 2. The van der Waals surface area contributed by atoms with E-state index in [1.54, 1.807) is 0 Å². The highest BCUT2D eigenvalue weighted by molar-refractivity contribution is 7.92. The summed E-state index contributed by atoms with van der Waals surface area (Å²) in [7, 11) is -4.26. The summed E-state index contributed by atoms with van der Waals surface area (Å²) in [4.78, 5) is 13.6. The van der Waals surface area contributed by atoms with E-state index in [2.05, 4.69) is 0 Å². The van der Waals surface area contributed by atoms with Gasteiger partial charge in [0.1, 0.15) is 17.2 Å². The van der Waals surface area contributed by atoms with Crippen LogP contribution in [0.5, 0.6) is 5.75 Å². The summed E-state index contributed by atoms with van der Waals surface area (Å²) in [6.45, 7) is 1.38. The van der Waals surface area contributed by atoms with Gasteiger partial charge in [0.2, 0.25) is 5.91 Å². The number of amides is 1. The van der Waals surface area contributed by atoms with Gasteiger partial charge in [0.05, 0.1) is 16.5 Å². The molecule has 1 amide bonds. The maximum atomic E-state index is 15.1. The first-order chi connectivity index (χ1) is 13.7. The number of hydrogen-bond donors (Lipinski definition) is 0. The molecule has 4 rings (SSSR count). The molecule has 29 heavy (non-hydrogen) atoms. The van der Waals surface area contributed by atoms with Crippen molar-refractivity contribution in [3.05, 3.63) is 58.6 Å². The maximum absolute atomic E-state index is 15.1. The minimum Gasteiger partial charge on any atom is -0.488 e. The van der Waals surface area contributed by atoms with Gasteiger partial charge in [0.25, 0.3) is 0 Å².